The number of hydrogen-bond donors (Lipinski definition) is 0. The number of rotatable bonds is 2. The van der Waals surface area contributed by atoms with Crippen LogP contribution in [0.4, 0.5) is 5.69 Å². The second-order valence-electron chi connectivity index (χ2n) is 6.43. The van der Waals surface area contributed by atoms with Gasteiger partial charge in [0.2, 0.25) is 0 Å². The maximum absolute atomic E-state index is 3.49. The summed E-state index contributed by atoms with van der Waals surface area (Å²) < 4.78 is 0. The van der Waals surface area contributed by atoms with E-state index in [1.54, 1.807) is 0 Å². The van der Waals surface area contributed by atoms with Gasteiger partial charge in [0.25, 0.3) is 0 Å². The molecule has 0 N–H and O–H groups in total. The van der Waals surface area contributed by atoms with E-state index in [1.165, 1.54) is 37.2 Å². The van der Waals surface area contributed by atoms with Crippen molar-refractivity contribution in [2.24, 2.45) is 11.3 Å². The molecule has 0 amide bonds. The molecule has 0 aromatic heterocycles. The van der Waals surface area contributed by atoms with E-state index in [-0.39, 0.29) is 0 Å². The first-order valence-corrected chi connectivity index (χ1v) is 8.02. The quantitative estimate of drug-likeness (QED) is 0.706. The van der Waals surface area contributed by atoms with Gasteiger partial charge in [0.1, 0.15) is 0 Å². The van der Waals surface area contributed by atoms with Crippen LogP contribution >= 0.6 is 15.9 Å². The van der Waals surface area contributed by atoms with E-state index in [0.29, 0.717) is 5.41 Å². The van der Waals surface area contributed by atoms with Crippen LogP contribution in [0.3, 0.4) is 0 Å². The van der Waals surface area contributed by atoms with Crippen LogP contribution in [0.15, 0.2) is 24.3 Å². The van der Waals surface area contributed by atoms with Crippen molar-refractivity contribution in [1.82, 2.24) is 0 Å². The van der Waals surface area contributed by atoms with E-state index in [4.69, 9.17) is 0 Å². The lowest BCUT2D eigenvalue weighted by molar-refractivity contribution is 0.199. The van der Waals surface area contributed by atoms with E-state index >= 15 is 0 Å². The average molecular weight is 310 g/mol. The standard InChI is InChI=1S/C16H24BrN/c1-16(2,3)14-8-10-18(11-9-14)15-6-4-13(12-17)5-7-15/h4-7,14H,8-12H2,1-3H3. The minimum absolute atomic E-state index is 0.464. The van der Waals surface area contributed by atoms with E-state index in [9.17, 15) is 0 Å². The first kappa shape index (κ1) is 13.9. The highest BCUT2D eigenvalue weighted by atomic mass is 79.9. The van der Waals surface area contributed by atoms with E-state index in [0.717, 1.165) is 11.2 Å². The molecule has 0 radical (unpaired) electrons. The summed E-state index contributed by atoms with van der Waals surface area (Å²) in [6.07, 6.45) is 2.65. The fraction of sp³-hybridized carbons (Fsp3) is 0.625. The van der Waals surface area contributed by atoms with Crippen LogP contribution in [-0.2, 0) is 5.33 Å². The first-order valence-electron chi connectivity index (χ1n) is 6.90. The molecule has 1 aliphatic heterocycles. The second kappa shape index (κ2) is 5.64. The third-order valence-electron chi connectivity index (χ3n) is 4.18. The molecule has 1 saturated heterocycles. The van der Waals surface area contributed by atoms with Crippen molar-refractivity contribution in [1.29, 1.82) is 0 Å². The van der Waals surface area contributed by atoms with Crippen molar-refractivity contribution < 1.29 is 0 Å². The normalized spacial score (nSPS) is 18.1. The van der Waals surface area contributed by atoms with Gasteiger partial charge in [0.15, 0.2) is 0 Å². The Balaban J connectivity index is 1.96. The number of anilines is 1. The third-order valence-corrected chi connectivity index (χ3v) is 4.82. The maximum atomic E-state index is 3.49. The molecular formula is C16H24BrN. The predicted octanol–water partition coefficient (Wildman–Crippen LogP) is 4.84. The lowest BCUT2D eigenvalue weighted by Crippen LogP contribution is -2.37. The summed E-state index contributed by atoms with van der Waals surface area (Å²) >= 11 is 3.49. The molecule has 1 aliphatic rings. The number of hydrogen-bond acceptors (Lipinski definition) is 1. The van der Waals surface area contributed by atoms with Crippen LogP contribution in [0.5, 0.6) is 0 Å². The molecule has 2 rings (SSSR count). The zero-order valence-electron chi connectivity index (χ0n) is 11.7. The predicted molar refractivity (Wildman–Crippen MR) is 83.5 cm³/mol. The maximum Gasteiger partial charge on any atom is 0.0366 e. The van der Waals surface area contributed by atoms with Gasteiger partial charge in [-0.25, -0.2) is 0 Å². The lowest BCUT2D eigenvalue weighted by Gasteiger charge is -2.39. The summed E-state index contributed by atoms with van der Waals surface area (Å²) in [4.78, 5) is 2.53. The molecule has 0 saturated carbocycles. The summed E-state index contributed by atoms with van der Waals surface area (Å²) in [5.74, 6) is 0.871. The molecule has 18 heavy (non-hydrogen) atoms. The third kappa shape index (κ3) is 3.28. The Hall–Kier alpha value is -0.500. The zero-order valence-corrected chi connectivity index (χ0v) is 13.3. The topological polar surface area (TPSA) is 3.24 Å². The van der Waals surface area contributed by atoms with Crippen LogP contribution < -0.4 is 4.90 Å². The van der Waals surface area contributed by atoms with Crippen molar-refractivity contribution in [3.8, 4) is 0 Å². The Bertz CT molecular complexity index is 369. The van der Waals surface area contributed by atoms with Crippen molar-refractivity contribution >= 4 is 21.6 Å². The smallest absolute Gasteiger partial charge is 0.0366 e. The molecule has 0 atom stereocenters. The highest BCUT2D eigenvalue weighted by molar-refractivity contribution is 9.08. The minimum atomic E-state index is 0.464. The highest BCUT2D eigenvalue weighted by Crippen LogP contribution is 2.35. The largest absolute Gasteiger partial charge is 0.372 e. The Morgan fingerprint density at radius 3 is 2.11 bits per heavy atom. The van der Waals surface area contributed by atoms with Crippen LogP contribution in [0.25, 0.3) is 0 Å². The van der Waals surface area contributed by atoms with Crippen molar-refractivity contribution in [3.63, 3.8) is 0 Å². The Morgan fingerprint density at radius 2 is 1.67 bits per heavy atom. The van der Waals surface area contributed by atoms with Gasteiger partial charge in [-0.1, -0.05) is 48.8 Å². The van der Waals surface area contributed by atoms with Crippen molar-refractivity contribution in [3.05, 3.63) is 29.8 Å². The Labute approximate surface area is 120 Å². The van der Waals surface area contributed by atoms with E-state index in [2.05, 4.69) is 65.9 Å². The number of nitrogens with zero attached hydrogens (tertiary/aromatic N) is 1. The van der Waals surface area contributed by atoms with Crippen molar-refractivity contribution in [2.45, 2.75) is 38.9 Å². The minimum Gasteiger partial charge on any atom is -0.372 e. The molecule has 1 aromatic rings. The summed E-state index contributed by atoms with van der Waals surface area (Å²) in [5.41, 5.74) is 3.20. The fourth-order valence-electron chi connectivity index (χ4n) is 2.80. The number of piperidine rings is 1. The summed E-state index contributed by atoms with van der Waals surface area (Å²) in [6, 6.07) is 8.96. The van der Waals surface area contributed by atoms with Crippen LogP contribution in [-0.4, -0.2) is 13.1 Å². The number of halogens is 1. The SMILES string of the molecule is CC(C)(C)C1CCN(c2ccc(CBr)cc2)CC1. The van der Waals surface area contributed by atoms with E-state index in [1.807, 2.05) is 0 Å². The molecule has 0 aliphatic carbocycles. The average Bonchev–Trinajstić information content (AvgIpc) is 2.38. The summed E-state index contributed by atoms with van der Waals surface area (Å²) in [6.45, 7) is 9.53. The zero-order chi connectivity index (χ0) is 13.2. The Kier molecular flexibility index (Phi) is 4.37. The molecule has 100 valence electrons. The summed E-state index contributed by atoms with van der Waals surface area (Å²) in [7, 11) is 0. The Morgan fingerprint density at radius 1 is 1.11 bits per heavy atom. The van der Waals surface area contributed by atoms with E-state index < -0.39 is 0 Å². The van der Waals surface area contributed by atoms with Crippen LogP contribution in [0.2, 0.25) is 0 Å². The van der Waals surface area contributed by atoms with Gasteiger partial charge in [-0.3, -0.25) is 0 Å². The van der Waals surface area contributed by atoms with Gasteiger partial charge >= 0.3 is 0 Å². The molecule has 2 heteroatoms. The fourth-order valence-corrected chi connectivity index (χ4v) is 3.17. The number of alkyl halides is 1. The monoisotopic (exact) mass is 309 g/mol. The molecular weight excluding hydrogens is 286 g/mol. The van der Waals surface area contributed by atoms with Gasteiger partial charge in [-0.15, -0.1) is 0 Å². The highest BCUT2D eigenvalue weighted by Gasteiger charge is 2.28. The van der Waals surface area contributed by atoms with Gasteiger partial charge < -0.3 is 4.90 Å². The van der Waals surface area contributed by atoms with Crippen LogP contribution in [0.1, 0.15) is 39.2 Å². The molecule has 1 fully saturated rings. The molecule has 1 aromatic carbocycles. The molecule has 1 heterocycles. The summed E-state index contributed by atoms with van der Waals surface area (Å²) in [5, 5.41) is 0.944. The second-order valence-corrected chi connectivity index (χ2v) is 6.99. The lowest BCUT2D eigenvalue weighted by atomic mass is 9.75. The van der Waals surface area contributed by atoms with Crippen molar-refractivity contribution in [2.75, 3.05) is 18.0 Å². The molecule has 0 bridgehead atoms. The van der Waals surface area contributed by atoms with Crippen LogP contribution in [0, 0.1) is 11.3 Å². The first-order chi connectivity index (χ1) is 8.50. The van der Waals surface area contributed by atoms with Gasteiger partial charge in [-0.2, -0.15) is 0 Å². The molecule has 1 nitrogen and oxygen atoms in total. The van der Waals surface area contributed by atoms with Gasteiger partial charge in [0, 0.05) is 24.1 Å². The molecule has 0 unspecified atom stereocenters. The van der Waals surface area contributed by atoms with Gasteiger partial charge in [0.05, 0.1) is 0 Å². The number of benzene rings is 1. The molecule has 0 spiro atoms. The van der Waals surface area contributed by atoms with Gasteiger partial charge in [-0.05, 0) is 41.9 Å².